The molecular formula is C4H9BO. The highest BCUT2D eigenvalue weighted by Crippen LogP contribution is 2.00. The molecule has 0 aromatic rings. The Kier molecular flexibility index (Phi) is 1.15. The first-order chi connectivity index (χ1) is 2.89. The van der Waals surface area contributed by atoms with Crippen LogP contribution in [0.25, 0.3) is 0 Å². The van der Waals surface area contributed by atoms with Gasteiger partial charge >= 0.3 is 0 Å². The van der Waals surface area contributed by atoms with Crippen molar-refractivity contribution < 1.29 is 4.74 Å². The predicted molar refractivity (Wildman–Crippen MR) is 27.4 cm³/mol. The van der Waals surface area contributed by atoms with Crippen LogP contribution >= 0.6 is 0 Å². The number of hydrogen-bond donors (Lipinski definition) is 0. The minimum absolute atomic E-state index is 0.546. The summed E-state index contributed by atoms with van der Waals surface area (Å²) in [6.45, 7) is 3.11. The summed E-state index contributed by atoms with van der Waals surface area (Å²) in [6.07, 6.45) is 1.27. The van der Waals surface area contributed by atoms with Gasteiger partial charge in [0, 0.05) is 12.6 Å². The summed E-state index contributed by atoms with van der Waals surface area (Å²) in [7, 11) is 1.26. The van der Waals surface area contributed by atoms with Crippen LogP contribution in [0.5, 0.6) is 0 Å². The van der Waals surface area contributed by atoms with Gasteiger partial charge in [0.15, 0.2) is 7.28 Å². The molecule has 2 heteroatoms. The molecule has 0 spiro atoms. The Morgan fingerprint density at radius 3 is 2.83 bits per heavy atom. The first-order valence-electron chi connectivity index (χ1n) is 2.51. The molecule has 1 atom stereocenters. The summed E-state index contributed by atoms with van der Waals surface area (Å²) in [6, 6.07) is 0.546. The summed E-state index contributed by atoms with van der Waals surface area (Å²) in [5, 5.41) is 0. The van der Waals surface area contributed by atoms with Gasteiger partial charge in [0.05, 0.1) is 0 Å². The van der Waals surface area contributed by atoms with Gasteiger partial charge in [0.2, 0.25) is 0 Å². The molecule has 6 heavy (non-hydrogen) atoms. The van der Waals surface area contributed by atoms with Gasteiger partial charge < -0.3 is 4.74 Å². The summed E-state index contributed by atoms with van der Waals surface area (Å²) in [5.74, 6) is 0. The largest absolute Gasteiger partial charge is 0.388 e. The van der Waals surface area contributed by atoms with Gasteiger partial charge in [-0.15, -0.1) is 0 Å². The molecule has 0 amide bonds. The average molecular weight is 83.9 g/mol. The van der Waals surface area contributed by atoms with E-state index in [0.717, 1.165) is 6.61 Å². The number of hydrogen-bond acceptors (Lipinski definition) is 1. The Morgan fingerprint density at radius 1 is 1.83 bits per heavy atom. The van der Waals surface area contributed by atoms with Crippen molar-refractivity contribution in [1.82, 2.24) is 0 Å². The zero-order valence-corrected chi connectivity index (χ0v) is 4.11. The van der Waals surface area contributed by atoms with E-state index in [0.29, 0.717) is 6.00 Å². The van der Waals surface area contributed by atoms with Gasteiger partial charge in [0.25, 0.3) is 0 Å². The van der Waals surface area contributed by atoms with E-state index in [2.05, 4.69) is 6.92 Å². The lowest BCUT2D eigenvalue weighted by Gasteiger charge is -1.94. The SMILES string of the molecule is CC1BCCO1. The summed E-state index contributed by atoms with van der Waals surface area (Å²) >= 11 is 0. The Labute approximate surface area is 38.9 Å². The van der Waals surface area contributed by atoms with Crippen LogP contribution in [0, 0.1) is 0 Å². The number of rotatable bonds is 0. The minimum Gasteiger partial charge on any atom is -0.388 e. The molecule has 0 bridgehead atoms. The van der Waals surface area contributed by atoms with Crippen molar-refractivity contribution in [3.05, 3.63) is 0 Å². The molecule has 0 aromatic carbocycles. The molecule has 1 nitrogen and oxygen atoms in total. The molecule has 0 aromatic heterocycles. The first-order valence-corrected chi connectivity index (χ1v) is 2.51. The van der Waals surface area contributed by atoms with E-state index < -0.39 is 0 Å². The fourth-order valence-corrected chi connectivity index (χ4v) is 0.739. The van der Waals surface area contributed by atoms with Crippen LogP contribution in [0.2, 0.25) is 6.32 Å². The van der Waals surface area contributed by atoms with Gasteiger partial charge in [-0.05, 0) is 6.92 Å². The second-order valence-corrected chi connectivity index (χ2v) is 1.82. The number of ether oxygens (including phenoxy) is 1. The van der Waals surface area contributed by atoms with Crippen LogP contribution in [0.3, 0.4) is 0 Å². The monoisotopic (exact) mass is 84.1 g/mol. The molecule has 1 heterocycles. The van der Waals surface area contributed by atoms with Gasteiger partial charge in [0.1, 0.15) is 0 Å². The summed E-state index contributed by atoms with van der Waals surface area (Å²) < 4.78 is 5.15. The zero-order valence-electron chi connectivity index (χ0n) is 4.11. The van der Waals surface area contributed by atoms with E-state index in [1.54, 1.807) is 0 Å². The summed E-state index contributed by atoms with van der Waals surface area (Å²) in [5.41, 5.74) is 0. The van der Waals surface area contributed by atoms with E-state index in [1.165, 1.54) is 13.6 Å². The lowest BCUT2D eigenvalue weighted by atomic mass is 9.72. The van der Waals surface area contributed by atoms with Crippen molar-refractivity contribution in [2.24, 2.45) is 0 Å². The van der Waals surface area contributed by atoms with E-state index in [-0.39, 0.29) is 0 Å². The van der Waals surface area contributed by atoms with Gasteiger partial charge in [-0.2, -0.15) is 0 Å². The third-order valence-electron chi connectivity index (χ3n) is 1.16. The minimum atomic E-state index is 0.546. The maximum atomic E-state index is 5.15. The molecule has 1 aliphatic heterocycles. The maximum Gasteiger partial charge on any atom is 0.159 e. The molecule has 0 saturated carbocycles. The van der Waals surface area contributed by atoms with Crippen molar-refractivity contribution in [2.45, 2.75) is 19.2 Å². The van der Waals surface area contributed by atoms with Gasteiger partial charge in [-0.3, -0.25) is 0 Å². The first kappa shape index (κ1) is 4.19. The third-order valence-corrected chi connectivity index (χ3v) is 1.16. The molecular weight excluding hydrogens is 74.9 g/mol. The van der Waals surface area contributed by atoms with Crippen LogP contribution < -0.4 is 0 Å². The highest BCUT2D eigenvalue weighted by molar-refractivity contribution is 6.37. The van der Waals surface area contributed by atoms with Crippen molar-refractivity contribution >= 4 is 7.28 Å². The average Bonchev–Trinajstić information content (AvgIpc) is 1.86. The van der Waals surface area contributed by atoms with E-state index in [4.69, 9.17) is 4.74 Å². The van der Waals surface area contributed by atoms with Gasteiger partial charge in [-0.1, -0.05) is 6.32 Å². The Hall–Kier alpha value is 0.0249. The van der Waals surface area contributed by atoms with Crippen molar-refractivity contribution in [1.29, 1.82) is 0 Å². The van der Waals surface area contributed by atoms with Crippen LogP contribution in [0.4, 0.5) is 0 Å². The second-order valence-electron chi connectivity index (χ2n) is 1.82. The van der Waals surface area contributed by atoms with Crippen molar-refractivity contribution in [2.75, 3.05) is 6.61 Å². The van der Waals surface area contributed by atoms with E-state index >= 15 is 0 Å². The second kappa shape index (κ2) is 1.65. The van der Waals surface area contributed by atoms with E-state index in [9.17, 15) is 0 Å². The maximum absolute atomic E-state index is 5.15. The Bertz CT molecular complexity index is 40.8. The van der Waals surface area contributed by atoms with Crippen molar-refractivity contribution in [3.63, 3.8) is 0 Å². The molecule has 34 valence electrons. The topological polar surface area (TPSA) is 9.23 Å². The van der Waals surface area contributed by atoms with E-state index in [1.807, 2.05) is 0 Å². The lowest BCUT2D eigenvalue weighted by molar-refractivity contribution is 0.151. The van der Waals surface area contributed by atoms with Crippen LogP contribution in [-0.4, -0.2) is 19.9 Å². The van der Waals surface area contributed by atoms with Crippen LogP contribution in [0.1, 0.15) is 6.92 Å². The summed E-state index contributed by atoms with van der Waals surface area (Å²) in [4.78, 5) is 0. The van der Waals surface area contributed by atoms with Crippen LogP contribution in [0.15, 0.2) is 0 Å². The molecule has 0 aliphatic carbocycles. The smallest absolute Gasteiger partial charge is 0.159 e. The molecule has 1 fully saturated rings. The molecule has 1 aliphatic rings. The predicted octanol–water partition coefficient (Wildman–Crippen LogP) is 0.217. The lowest BCUT2D eigenvalue weighted by Crippen LogP contribution is -2.03. The van der Waals surface area contributed by atoms with Crippen LogP contribution in [-0.2, 0) is 4.74 Å². The quantitative estimate of drug-likeness (QED) is 0.381. The highest BCUT2D eigenvalue weighted by atomic mass is 16.5. The normalized spacial score (nSPS) is 33.2. The van der Waals surface area contributed by atoms with Crippen molar-refractivity contribution in [3.8, 4) is 0 Å². The molecule has 1 rings (SSSR count). The fraction of sp³-hybridized carbons (Fsp3) is 1.00. The Balaban J connectivity index is 2.18. The fourth-order valence-electron chi connectivity index (χ4n) is 0.739. The standard InChI is InChI=1S/C4H9BO/c1-4-5-2-3-6-4/h4-5H,2-3H2,1H3. The van der Waals surface area contributed by atoms with Gasteiger partial charge in [-0.25, -0.2) is 0 Å². The molecule has 0 radical (unpaired) electrons. The highest BCUT2D eigenvalue weighted by Gasteiger charge is 2.09. The zero-order chi connectivity index (χ0) is 4.41. The third kappa shape index (κ3) is 0.746. The molecule has 1 saturated heterocycles. The molecule has 0 N–H and O–H groups in total. The molecule has 1 unspecified atom stereocenters. The Morgan fingerprint density at radius 2 is 2.67 bits per heavy atom.